The van der Waals surface area contributed by atoms with Gasteiger partial charge in [-0.05, 0) is 61.5 Å². The molecule has 148 valence electrons. The first-order chi connectivity index (χ1) is 14.1. The fraction of sp³-hybridized carbons (Fsp3) is 0.136. The molecule has 2 aromatic carbocycles. The lowest BCUT2D eigenvalue weighted by atomic mass is 10.2. The fourth-order valence-corrected chi connectivity index (χ4v) is 2.61. The third kappa shape index (κ3) is 5.32. The normalized spacial score (nSPS) is 10.1. The molecule has 0 bridgehead atoms. The van der Waals surface area contributed by atoms with Gasteiger partial charge in [0.2, 0.25) is 0 Å². The van der Waals surface area contributed by atoms with Crippen LogP contribution in [0.15, 0.2) is 66.9 Å². The smallest absolute Gasteiger partial charge is 0.337 e. The minimum atomic E-state index is -0.409. The van der Waals surface area contributed by atoms with Gasteiger partial charge in [-0.25, -0.2) is 9.78 Å². The van der Waals surface area contributed by atoms with Crippen molar-refractivity contribution < 1.29 is 19.1 Å². The number of methoxy groups -OCH3 is 1. The van der Waals surface area contributed by atoms with Crippen molar-refractivity contribution in [3.05, 3.63) is 78.1 Å². The molecule has 0 unspecified atom stereocenters. The molecular formula is C22H21N3O4. The van der Waals surface area contributed by atoms with Crippen molar-refractivity contribution in [1.82, 2.24) is 4.98 Å². The van der Waals surface area contributed by atoms with Crippen molar-refractivity contribution in [3.63, 3.8) is 0 Å². The first kappa shape index (κ1) is 19.9. The fourth-order valence-electron chi connectivity index (χ4n) is 2.61. The first-order valence-corrected chi connectivity index (χ1v) is 9.04. The molecule has 0 radical (unpaired) electrons. The molecule has 3 aromatic rings. The zero-order chi connectivity index (χ0) is 20.6. The number of carbonyl (C=O) groups excluding carboxylic acids is 2. The van der Waals surface area contributed by atoms with Gasteiger partial charge in [-0.1, -0.05) is 6.07 Å². The predicted octanol–water partition coefficient (Wildman–Crippen LogP) is 4.26. The molecule has 0 atom stereocenters. The van der Waals surface area contributed by atoms with Gasteiger partial charge in [0, 0.05) is 11.4 Å². The van der Waals surface area contributed by atoms with Gasteiger partial charge in [-0.15, -0.1) is 0 Å². The monoisotopic (exact) mass is 391 g/mol. The van der Waals surface area contributed by atoms with Gasteiger partial charge in [-0.3, -0.25) is 4.79 Å². The van der Waals surface area contributed by atoms with Crippen LogP contribution in [0.4, 0.5) is 17.1 Å². The first-order valence-electron chi connectivity index (χ1n) is 9.04. The number of amides is 1. The van der Waals surface area contributed by atoms with Crippen LogP contribution in [0.5, 0.6) is 5.75 Å². The van der Waals surface area contributed by atoms with Crippen molar-refractivity contribution in [2.24, 2.45) is 0 Å². The van der Waals surface area contributed by atoms with Gasteiger partial charge in [0.1, 0.15) is 11.4 Å². The maximum absolute atomic E-state index is 12.4. The van der Waals surface area contributed by atoms with Gasteiger partial charge in [-0.2, -0.15) is 0 Å². The summed E-state index contributed by atoms with van der Waals surface area (Å²) in [5, 5.41) is 5.94. The van der Waals surface area contributed by atoms with Crippen molar-refractivity contribution in [1.29, 1.82) is 0 Å². The lowest BCUT2D eigenvalue weighted by Gasteiger charge is -2.09. The second kappa shape index (κ2) is 9.36. The Labute approximate surface area is 168 Å². The van der Waals surface area contributed by atoms with E-state index in [1.807, 2.05) is 13.0 Å². The molecule has 3 rings (SSSR count). The lowest BCUT2D eigenvalue weighted by molar-refractivity contribution is 0.0600. The number of hydrogen-bond donors (Lipinski definition) is 2. The van der Waals surface area contributed by atoms with Crippen molar-refractivity contribution in [2.75, 3.05) is 24.4 Å². The van der Waals surface area contributed by atoms with E-state index in [0.717, 1.165) is 5.75 Å². The molecule has 0 aliphatic carbocycles. The molecule has 0 saturated carbocycles. The van der Waals surface area contributed by atoms with Crippen LogP contribution in [0.3, 0.4) is 0 Å². The van der Waals surface area contributed by atoms with Gasteiger partial charge < -0.3 is 20.1 Å². The van der Waals surface area contributed by atoms with E-state index in [-0.39, 0.29) is 11.6 Å². The highest BCUT2D eigenvalue weighted by Crippen LogP contribution is 2.19. The molecule has 0 saturated heterocycles. The molecule has 0 spiro atoms. The Morgan fingerprint density at radius 2 is 1.72 bits per heavy atom. The molecule has 0 fully saturated rings. The molecule has 7 nitrogen and oxygen atoms in total. The summed E-state index contributed by atoms with van der Waals surface area (Å²) >= 11 is 0. The largest absolute Gasteiger partial charge is 0.494 e. The minimum Gasteiger partial charge on any atom is -0.494 e. The number of anilines is 3. The molecule has 1 heterocycles. The number of nitrogens with one attached hydrogen (secondary N) is 2. The van der Waals surface area contributed by atoms with E-state index in [1.54, 1.807) is 60.8 Å². The van der Waals surface area contributed by atoms with E-state index >= 15 is 0 Å². The van der Waals surface area contributed by atoms with Crippen molar-refractivity contribution >= 4 is 28.9 Å². The zero-order valence-corrected chi connectivity index (χ0v) is 16.1. The standard InChI is InChI=1S/C22H21N3O4/c1-3-29-19-10-7-16(8-11-19)25-21(26)20-12-9-18(14-23-20)24-17-6-4-5-15(13-17)22(27)28-2/h4-14,24H,3H2,1-2H3,(H,25,26). The summed E-state index contributed by atoms with van der Waals surface area (Å²) in [4.78, 5) is 28.2. The molecule has 29 heavy (non-hydrogen) atoms. The maximum Gasteiger partial charge on any atom is 0.337 e. The Kier molecular flexibility index (Phi) is 6.42. The molecular weight excluding hydrogens is 370 g/mol. The topological polar surface area (TPSA) is 89.6 Å². The Bertz CT molecular complexity index is 986. The summed E-state index contributed by atoms with van der Waals surface area (Å²) in [7, 11) is 1.34. The zero-order valence-electron chi connectivity index (χ0n) is 16.1. The molecule has 2 N–H and O–H groups in total. The number of esters is 1. The van der Waals surface area contributed by atoms with E-state index in [2.05, 4.69) is 15.6 Å². The number of nitrogens with zero attached hydrogens (tertiary/aromatic N) is 1. The van der Waals surface area contributed by atoms with Crippen LogP contribution in [0.2, 0.25) is 0 Å². The summed E-state index contributed by atoms with van der Waals surface area (Å²) < 4.78 is 10.1. The van der Waals surface area contributed by atoms with E-state index in [0.29, 0.717) is 29.2 Å². The number of hydrogen-bond acceptors (Lipinski definition) is 6. The van der Waals surface area contributed by atoms with Crippen LogP contribution in [0.25, 0.3) is 0 Å². The number of pyridine rings is 1. The van der Waals surface area contributed by atoms with Crippen LogP contribution in [0, 0.1) is 0 Å². The molecule has 1 aromatic heterocycles. The Morgan fingerprint density at radius 3 is 2.38 bits per heavy atom. The van der Waals surface area contributed by atoms with E-state index < -0.39 is 5.97 Å². The number of ether oxygens (including phenoxy) is 2. The van der Waals surface area contributed by atoms with Crippen molar-refractivity contribution in [3.8, 4) is 5.75 Å². The third-order valence-corrected chi connectivity index (χ3v) is 3.99. The minimum absolute atomic E-state index is 0.285. The third-order valence-electron chi connectivity index (χ3n) is 3.99. The number of aromatic nitrogens is 1. The summed E-state index contributed by atoms with van der Waals surface area (Å²) in [6.45, 7) is 2.50. The Morgan fingerprint density at radius 1 is 0.966 bits per heavy atom. The van der Waals surface area contributed by atoms with Crippen LogP contribution in [0.1, 0.15) is 27.8 Å². The number of carbonyl (C=O) groups is 2. The second-order valence-corrected chi connectivity index (χ2v) is 6.04. The van der Waals surface area contributed by atoms with Gasteiger partial charge >= 0.3 is 5.97 Å². The quantitative estimate of drug-likeness (QED) is 0.585. The molecule has 7 heteroatoms. The average Bonchev–Trinajstić information content (AvgIpc) is 2.75. The average molecular weight is 391 g/mol. The second-order valence-electron chi connectivity index (χ2n) is 6.04. The highest BCUT2D eigenvalue weighted by Gasteiger charge is 2.09. The SMILES string of the molecule is CCOc1ccc(NC(=O)c2ccc(Nc3cccc(C(=O)OC)c3)cn2)cc1. The van der Waals surface area contributed by atoms with Crippen LogP contribution in [-0.4, -0.2) is 30.6 Å². The van der Waals surface area contributed by atoms with E-state index in [4.69, 9.17) is 9.47 Å². The summed E-state index contributed by atoms with van der Waals surface area (Å²) in [5.74, 6) is 0.0248. The number of benzene rings is 2. The van der Waals surface area contributed by atoms with Gasteiger partial charge in [0.15, 0.2) is 0 Å². The van der Waals surface area contributed by atoms with Crippen molar-refractivity contribution in [2.45, 2.75) is 6.92 Å². The molecule has 0 aliphatic heterocycles. The van der Waals surface area contributed by atoms with E-state index in [1.165, 1.54) is 7.11 Å². The highest BCUT2D eigenvalue weighted by atomic mass is 16.5. The highest BCUT2D eigenvalue weighted by molar-refractivity contribution is 6.03. The van der Waals surface area contributed by atoms with Crippen LogP contribution >= 0.6 is 0 Å². The summed E-state index contributed by atoms with van der Waals surface area (Å²) in [6, 6.07) is 17.4. The summed E-state index contributed by atoms with van der Waals surface area (Å²) in [5.41, 5.74) is 2.78. The van der Waals surface area contributed by atoms with Gasteiger partial charge in [0.25, 0.3) is 5.91 Å². The molecule has 1 amide bonds. The Hall–Kier alpha value is -3.87. The van der Waals surface area contributed by atoms with Crippen LogP contribution < -0.4 is 15.4 Å². The molecule has 0 aliphatic rings. The number of rotatable bonds is 7. The summed E-state index contributed by atoms with van der Waals surface area (Å²) in [6.07, 6.45) is 1.55. The van der Waals surface area contributed by atoms with Gasteiger partial charge in [0.05, 0.1) is 31.2 Å². The Balaban J connectivity index is 1.63. The van der Waals surface area contributed by atoms with Crippen LogP contribution in [-0.2, 0) is 4.74 Å². The van der Waals surface area contributed by atoms with E-state index in [9.17, 15) is 9.59 Å². The lowest BCUT2D eigenvalue weighted by Crippen LogP contribution is -2.13. The maximum atomic E-state index is 12.4. The predicted molar refractivity (Wildman–Crippen MR) is 111 cm³/mol.